The fraction of sp³-hybridized carbons (Fsp3) is 0.400. The highest BCUT2D eigenvalue weighted by atomic mass is 16.3. The first-order valence-electron chi connectivity index (χ1n) is 9.03. The lowest BCUT2D eigenvalue weighted by molar-refractivity contribution is 0.441. The average molecular weight is 427 g/mol. The molecule has 1 aliphatic rings. The highest BCUT2D eigenvalue weighted by molar-refractivity contribution is 5.39. The van der Waals surface area contributed by atoms with Gasteiger partial charge in [-0.1, -0.05) is 131 Å². The van der Waals surface area contributed by atoms with Crippen molar-refractivity contribution in [3.05, 3.63) is 102 Å². The van der Waals surface area contributed by atoms with Gasteiger partial charge in [-0.2, -0.15) is 0 Å². The van der Waals surface area contributed by atoms with Gasteiger partial charge in [0.05, 0.1) is 0 Å². The summed E-state index contributed by atoms with van der Waals surface area (Å²) in [4.78, 5) is 0. The molecule has 176 valence electrons. The zero-order chi connectivity index (χ0) is 17.6. The van der Waals surface area contributed by atoms with Gasteiger partial charge in [0.15, 0.2) is 0 Å². The first-order valence-corrected chi connectivity index (χ1v) is 9.03. The molecule has 0 aliphatic heterocycles. The molecule has 0 spiro atoms. The molecule has 1 aliphatic carbocycles. The zero-order valence-corrected chi connectivity index (χ0v) is 15.0. The molecule has 0 bridgehead atoms. The van der Waals surface area contributed by atoms with Crippen molar-refractivity contribution in [2.75, 3.05) is 0 Å². The quantitative estimate of drug-likeness (QED) is 0.432. The minimum atomic E-state index is 0. The van der Waals surface area contributed by atoms with Crippen LogP contribution in [0.4, 0.5) is 0 Å². The largest absolute Gasteiger partial charge is 0.508 e. The smallest absolute Gasteiger partial charge is 0.115 e. The van der Waals surface area contributed by atoms with Gasteiger partial charge in [0.2, 0.25) is 0 Å². The lowest BCUT2D eigenvalue weighted by Gasteiger charge is -2.25. The molecule has 1 nitrogen and oxygen atoms in total. The van der Waals surface area contributed by atoms with Crippen LogP contribution in [0, 0.1) is 5.92 Å². The molecule has 0 saturated carbocycles. The third-order valence-electron chi connectivity index (χ3n) is 5.19. The lowest BCUT2D eigenvalue weighted by atomic mass is 9.79. The van der Waals surface area contributed by atoms with Crippen LogP contribution in [0.15, 0.2) is 84.9 Å². The van der Waals surface area contributed by atoms with Crippen molar-refractivity contribution in [1.82, 2.24) is 0 Å². The summed E-state index contributed by atoms with van der Waals surface area (Å²) in [5.41, 5.74) is 4.59. The van der Waals surface area contributed by atoms with E-state index in [1.54, 1.807) is 35.4 Å². The number of phenolic OH excluding ortho intramolecular Hbond substituents is 1. The molecular weight excluding hydrogens is 376 g/mol. The Bertz CT molecular complexity index is 780. The predicted molar refractivity (Wildman–Crippen MR) is 145 cm³/mol. The van der Waals surface area contributed by atoms with Gasteiger partial charge in [-0.05, 0) is 53.0 Å². The van der Waals surface area contributed by atoms with Gasteiger partial charge in [-0.15, -0.1) is 0 Å². The molecule has 3 unspecified atom stereocenters. The van der Waals surface area contributed by atoms with Crippen LogP contribution in [0.2, 0.25) is 0 Å². The highest BCUT2D eigenvalue weighted by Gasteiger charge is 2.33. The number of phenols is 1. The van der Waals surface area contributed by atoms with E-state index in [4.69, 9.17) is 5.11 Å². The lowest BCUT2D eigenvalue weighted by Crippen LogP contribution is -2.12. The van der Waals surface area contributed by atoms with Crippen LogP contribution >= 0.6 is 0 Å². The number of rotatable bonds is 2. The highest BCUT2D eigenvalue weighted by Crippen LogP contribution is 2.45. The summed E-state index contributed by atoms with van der Waals surface area (Å²) < 4.78 is 0. The fourth-order valence-electron chi connectivity index (χ4n) is 3.98. The molecule has 0 fully saturated rings. The Morgan fingerprint density at radius 3 is 1.61 bits per heavy atom. The summed E-state index contributed by atoms with van der Waals surface area (Å²) in [6, 6.07) is 28.6. The Morgan fingerprint density at radius 2 is 1.13 bits per heavy atom. The molecule has 0 heterocycles. The number of para-hydroxylation sites is 1. The van der Waals surface area contributed by atoms with Crippen LogP contribution in [-0.2, 0) is 6.42 Å². The molecule has 3 aromatic carbocycles. The van der Waals surface area contributed by atoms with Crippen molar-refractivity contribution < 1.29 is 5.11 Å². The summed E-state index contributed by atoms with van der Waals surface area (Å²) in [5, 5.41) is 8.63. The summed E-state index contributed by atoms with van der Waals surface area (Å²) >= 11 is 0. The van der Waals surface area contributed by atoms with Crippen LogP contribution in [0.1, 0.15) is 86.9 Å². The van der Waals surface area contributed by atoms with E-state index in [0.717, 1.165) is 5.92 Å². The topological polar surface area (TPSA) is 20.2 Å². The standard InChI is InChI=1S/C18H20.C6H6O.6CH4/c1-13-12-16-10-6-7-11-17(16)18(13)14(2)15-8-4-3-5-9-15;7-6-4-2-1-3-5-6;;;;;;/h3-11,13-14,18H,12H2,1-2H3;1-5,7H;6*1H4. The van der Waals surface area contributed by atoms with Crippen LogP contribution in [-0.4, -0.2) is 5.11 Å². The molecule has 0 amide bonds. The summed E-state index contributed by atoms with van der Waals surface area (Å²) in [7, 11) is 0. The van der Waals surface area contributed by atoms with Gasteiger partial charge >= 0.3 is 0 Å². The second kappa shape index (κ2) is 17.2. The SMILES string of the molecule is C.C.C.C.C.C.CC1Cc2ccccc2C1C(C)c1ccccc1.Oc1ccccc1. The van der Waals surface area contributed by atoms with E-state index in [-0.39, 0.29) is 44.6 Å². The molecule has 4 rings (SSSR count). The molecule has 0 radical (unpaired) electrons. The second-order valence-electron chi connectivity index (χ2n) is 6.94. The summed E-state index contributed by atoms with van der Waals surface area (Å²) in [5.74, 6) is 2.34. The van der Waals surface area contributed by atoms with Gasteiger partial charge in [-0.3, -0.25) is 0 Å². The zero-order valence-electron chi connectivity index (χ0n) is 15.0. The van der Waals surface area contributed by atoms with E-state index in [1.165, 1.54) is 12.0 Å². The molecule has 3 atom stereocenters. The third-order valence-corrected chi connectivity index (χ3v) is 5.19. The molecule has 3 aromatic rings. The Labute approximate surface area is 195 Å². The number of benzene rings is 3. The predicted octanol–water partition coefficient (Wildman–Crippen LogP) is 9.97. The van der Waals surface area contributed by atoms with E-state index >= 15 is 0 Å². The minimum absolute atomic E-state index is 0. The minimum Gasteiger partial charge on any atom is -0.508 e. The molecular formula is C30H50O. The van der Waals surface area contributed by atoms with Gasteiger partial charge < -0.3 is 5.11 Å². The van der Waals surface area contributed by atoms with E-state index in [0.29, 0.717) is 17.6 Å². The fourth-order valence-corrected chi connectivity index (χ4v) is 3.98. The maximum Gasteiger partial charge on any atom is 0.115 e. The second-order valence-corrected chi connectivity index (χ2v) is 6.94. The van der Waals surface area contributed by atoms with Crippen LogP contribution in [0.3, 0.4) is 0 Å². The third kappa shape index (κ3) is 9.00. The molecule has 0 aromatic heterocycles. The van der Waals surface area contributed by atoms with Crippen molar-refractivity contribution in [3.63, 3.8) is 0 Å². The van der Waals surface area contributed by atoms with E-state index < -0.39 is 0 Å². The Morgan fingerprint density at radius 1 is 0.677 bits per heavy atom. The number of hydrogen-bond donors (Lipinski definition) is 1. The Hall–Kier alpha value is -2.54. The Balaban J connectivity index is -0.000000247. The monoisotopic (exact) mass is 426 g/mol. The van der Waals surface area contributed by atoms with Crippen molar-refractivity contribution in [2.24, 2.45) is 5.92 Å². The maximum atomic E-state index is 8.63. The number of aromatic hydroxyl groups is 1. The molecule has 31 heavy (non-hydrogen) atoms. The summed E-state index contributed by atoms with van der Waals surface area (Å²) in [6.07, 6.45) is 1.23. The van der Waals surface area contributed by atoms with Gasteiger partial charge in [0, 0.05) is 0 Å². The van der Waals surface area contributed by atoms with Crippen molar-refractivity contribution in [1.29, 1.82) is 0 Å². The van der Waals surface area contributed by atoms with Gasteiger partial charge in [0.1, 0.15) is 5.75 Å². The van der Waals surface area contributed by atoms with Crippen molar-refractivity contribution in [3.8, 4) is 5.75 Å². The Kier molecular flexibility index (Phi) is 19.9. The van der Waals surface area contributed by atoms with E-state index in [1.807, 2.05) is 6.07 Å². The van der Waals surface area contributed by atoms with E-state index in [9.17, 15) is 0 Å². The molecule has 1 N–H and O–H groups in total. The number of fused-ring (bicyclic) bond motifs is 1. The molecule has 1 heteroatoms. The van der Waals surface area contributed by atoms with Crippen molar-refractivity contribution in [2.45, 2.75) is 76.7 Å². The first-order chi connectivity index (χ1) is 12.2. The van der Waals surface area contributed by atoms with Crippen LogP contribution in [0.5, 0.6) is 5.75 Å². The van der Waals surface area contributed by atoms with E-state index in [2.05, 4.69) is 68.4 Å². The first kappa shape index (κ1) is 35.9. The van der Waals surface area contributed by atoms with Crippen LogP contribution in [0.25, 0.3) is 0 Å². The van der Waals surface area contributed by atoms with Crippen LogP contribution < -0.4 is 0 Å². The summed E-state index contributed by atoms with van der Waals surface area (Å²) in [6.45, 7) is 4.77. The van der Waals surface area contributed by atoms with Gasteiger partial charge in [0.25, 0.3) is 0 Å². The normalized spacial score (nSPS) is 15.7. The van der Waals surface area contributed by atoms with Crippen molar-refractivity contribution >= 4 is 0 Å². The molecule has 0 saturated heterocycles. The average Bonchev–Trinajstić information content (AvgIpc) is 2.99. The van der Waals surface area contributed by atoms with Gasteiger partial charge in [-0.25, -0.2) is 0 Å². The number of hydrogen-bond acceptors (Lipinski definition) is 1. The maximum absolute atomic E-state index is 8.63.